The molecule has 2 aromatic heterocycles. The van der Waals surface area contributed by atoms with Crippen LogP contribution in [0.15, 0.2) is 65.4 Å². The van der Waals surface area contributed by atoms with E-state index in [9.17, 15) is 4.79 Å². The summed E-state index contributed by atoms with van der Waals surface area (Å²) in [5.41, 5.74) is 3.12. The fourth-order valence-electron chi connectivity index (χ4n) is 2.60. The number of rotatable bonds is 4. The van der Waals surface area contributed by atoms with Crippen molar-refractivity contribution in [2.75, 3.05) is 0 Å². The number of benzene rings is 2. The lowest BCUT2D eigenvalue weighted by Gasteiger charge is -2.19. The maximum absolute atomic E-state index is 12.7. The predicted octanol–water partition coefficient (Wildman–Crippen LogP) is 4.12. The Morgan fingerprint density at radius 2 is 1.92 bits per heavy atom. The Bertz CT molecular complexity index is 1010. The molecule has 0 saturated carbocycles. The van der Waals surface area contributed by atoms with Gasteiger partial charge in [-0.05, 0) is 53.2 Å². The topological polar surface area (TPSA) is 59.8 Å². The van der Waals surface area contributed by atoms with Crippen molar-refractivity contribution >= 4 is 39.9 Å². The van der Waals surface area contributed by atoms with Crippen molar-refractivity contribution in [1.82, 2.24) is 20.3 Å². The quantitative estimate of drug-likeness (QED) is 0.589. The Labute approximate surface area is 152 Å². The predicted molar refractivity (Wildman–Crippen MR) is 98.9 cm³/mol. The minimum Gasteiger partial charge on any atom is -0.326 e. The van der Waals surface area contributed by atoms with E-state index in [0.717, 1.165) is 16.6 Å². The van der Waals surface area contributed by atoms with E-state index < -0.39 is 6.17 Å². The van der Waals surface area contributed by atoms with Gasteiger partial charge in [-0.15, -0.1) is 5.10 Å². The SMILES string of the molecule is O=C(NC(c1ccsc1)n1nnc2ccccc21)c1ccc(Cl)cc1. The molecule has 4 aromatic rings. The van der Waals surface area contributed by atoms with Crippen LogP contribution in [0.25, 0.3) is 11.0 Å². The minimum atomic E-state index is -0.443. The second-order valence-corrected chi connectivity index (χ2v) is 6.68. The molecular weight excluding hydrogens is 356 g/mol. The first kappa shape index (κ1) is 15.8. The van der Waals surface area contributed by atoms with Crippen molar-refractivity contribution in [3.8, 4) is 0 Å². The van der Waals surface area contributed by atoms with Gasteiger partial charge in [0.2, 0.25) is 0 Å². The average molecular weight is 369 g/mol. The third-order valence-electron chi connectivity index (χ3n) is 3.86. The molecule has 0 bridgehead atoms. The van der Waals surface area contributed by atoms with E-state index in [1.807, 2.05) is 41.1 Å². The number of carbonyl (C=O) groups excluding carboxylic acids is 1. The number of nitrogens with one attached hydrogen (secondary N) is 1. The number of amides is 1. The van der Waals surface area contributed by atoms with Crippen LogP contribution in [0.3, 0.4) is 0 Å². The van der Waals surface area contributed by atoms with E-state index in [1.165, 1.54) is 0 Å². The van der Waals surface area contributed by atoms with Crippen molar-refractivity contribution in [2.45, 2.75) is 6.17 Å². The molecule has 1 unspecified atom stereocenters. The van der Waals surface area contributed by atoms with Gasteiger partial charge in [-0.3, -0.25) is 4.79 Å². The molecule has 0 aliphatic heterocycles. The molecule has 7 heteroatoms. The fourth-order valence-corrected chi connectivity index (χ4v) is 3.41. The largest absolute Gasteiger partial charge is 0.326 e. The molecule has 0 fully saturated rings. The number of thiophene rings is 1. The van der Waals surface area contributed by atoms with Gasteiger partial charge in [0.15, 0.2) is 6.17 Å². The van der Waals surface area contributed by atoms with Crippen molar-refractivity contribution in [3.63, 3.8) is 0 Å². The fraction of sp³-hybridized carbons (Fsp3) is 0.0556. The van der Waals surface area contributed by atoms with Crippen molar-refractivity contribution in [3.05, 3.63) is 81.5 Å². The molecular formula is C18H13ClN4OS. The van der Waals surface area contributed by atoms with Gasteiger partial charge in [-0.2, -0.15) is 11.3 Å². The molecule has 1 atom stereocenters. The normalized spacial score (nSPS) is 12.2. The summed E-state index contributed by atoms with van der Waals surface area (Å²) >= 11 is 7.46. The Kier molecular flexibility index (Phi) is 4.21. The van der Waals surface area contributed by atoms with E-state index in [-0.39, 0.29) is 5.91 Å². The van der Waals surface area contributed by atoms with E-state index >= 15 is 0 Å². The Morgan fingerprint density at radius 1 is 1.12 bits per heavy atom. The van der Waals surface area contributed by atoms with Crippen LogP contribution in [0.5, 0.6) is 0 Å². The van der Waals surface area contributed by atoms with Crippen LogP contribution in [-0.2, 0) is 0 Å². The van der Waals surface area contributed by atoms with Crippen LogP contribution in [0.4, 0.5) is 0 Å². The van der Waals surface area contributed by atoms with Gasteiger partial charge in [-0.1, -0.05) is 28.9 Å². The lowest BCUT2D eigenvalue weighted by atomic mass is 10.2. The van der Waals surface area contributed by atoms with Crippen molar-refractivity contribution in [2.24, 2.45) is 0 Å². The van der Waals surface area contributed by atoms with Crippen LogP contribution in [-0.4, -0.2) is 20.9 Å². The molecule has 2 heterocycles. The molecule has 0 aliphatic rings. The third kappa shape index (κ3) is 3.14. The molecule has 124 valence electrons. The highest BCUT2D eigenvalue weighted by Crippen LogP contribution is 2.23. The highest BCUT2D eigenvalue weighted by molar-refractivity contribution is 7.08. The van der Waals surface area contributed by atoms with Crippen LogP contribution in [0.1, 0.15) is 22.1 Å². The van der Waals surface area contributed by atoms with E-state index in [1.54, 1.807) is 40.3 Å². The maximum atomic E-state index is 12.7. The number of halogens is 1. The number of nitrogens with zero attached hydrogens (tertiary/aromatic N) is 3. The summed E-state index contributed by atoms with van der Waals surface area (Å²) in [6.07, 6.45) is -0.443. The van der Waals surface area contributed by atoms with E-state index in [2.05, 4.69) is 15.6 Å². The first-order valence-electron chi connectivity index (χ1n) is 7.61. The molecule has 0 saturated heterocycles. The Hall–Kier alpha value is -2.70. The molecule has 4 rings (SSSR count). The number of fused-ring (bicyclic) bond motifs is 1. The zero-order chi connectivity index (χ0) is 17.2. The van der Waals surface area contributed by atoms with Gasteiger partial charge in [0.1, 0.15) is 5.52 Å². The maximum Gasteiger partial charge on any atom is 0.253 e. The average Bonchev–Trinajstić information content (AvgIpc) is 3.30. The summed E-state index contributed by atoms with van der Waals surface area (Å²) < 4.78 is 1.73. The second kappa shape index (κ2) is 6.66. The highest BCUT2D eigenvalue weighted by Gasteiger charge is 2.21. The number of aromatic nitrogens is 3. The number of hydrogen-bond donors (Lipinski definition) is 1. The van der Waals surface area contributed by atoms with Crippen LogP contribution < -0.4 is 5.32 Å². The lowest BCUT2D eigenvalue weighted by Crippen LogP contribution is -2.33. The first-order valence-corrected chi connectivity index (χ1v) is 8.93. The zero-order valence-electron chi connectivity index (χ0n) is 13.0. The molecule has 0 aliphatic carbocycles. The van der Waals surface area contributed by atoms with Gasteiger partial charge in [0.25, 0.3) is 5.91 Å². The van der Waals surface area contributed by atoms with E-state index in [4.69, 9.17) is 11.6 Å². The molecule has 1 amide bonds. The van der Waals surface area contributed by atoms with Gasteiger partial charge >= 0.3 is 0 Å². The van der Waals surface area contributed by atoms with Crippen molar-refractivity contribution < 1.29 is 4.79 Å². The number of hydrogen-bond acceptors (Lipinski definition) is 4. The molecule has 25 heavy (non-hydrogen) atoms. The zero-order valence-corrected chi connectivity index (χ0v) is 14.5. The van der Waals surface area contributed by atoms with Crippen LogP contribution >= 0.6 is 22.9 Å². The molecule has 2 aromatic carbocycles. The number of para-hydroxylation sites is 1. The summed E-state index contributed by atoms with van der Waals surface area (Å²) in [4.78, 5) is 12.7. The van der Waals surface area contributed by atoms with E-state index in [0.29, 0.717) is 10.6 Å². The minimum absolute atomic E-state index is 0.201. The van der Waals surface area contributed by atoms with Gasteiger partial charge < -0.3 is 5.32 Å². The summed E-state index contributed by atoms with van der Waals surface area (Å²) in [5, 5.41) is 16.0. The summed E-state index contributed by atoms with van der Waals surface area (Å²) in [6.45, 7) is 0. The summed E-state index contributed by atoms with van der Waals surface area (Å²) in [7, 11) is 0. The number of carbonyl (C=O) groups is 1. The lowest BCUT2D eigenvalue weighted by molar-refractivity contribution is 0.0928. The van der Waals surface area contributed by atoms with Crippen LogP contribution in [0.2, 0.25) is 5.02 Å². The first-order chi connectivity index (χ1) is 12.2. The smallest absolute Gasteiger partial charge is 0.253 e. The molecule has 0 radical (unpaired) electrons. The molecule has 0 spiro atoms. The molecule has 1 N–H and O–H groups in total. The van der Waals surface area contributed by atoms with Gasteiger partial charge in [0.05, 0.1) is 5.52 Å². The second-order valence-electron chi connectivity index (χ2n) is 5.46. The Balaban J connectivity index is 1.72. The molecule has 5 nitrogen and oxygen atoms in total. The summed E-state index contributed by atoms with van der Waals surface area (Å²) in [5.74, 6) is -0.201. The summed E-state index contributed by atoms with van der Waals surface area (Å²) in [6, 6.07) is 16.4. The van der Waals surface area contributed by atoms with Crippen LogP contribution in [0, 0.1) is 0 Å². The standard InChI is InChI=1S/C18H13ClN4OS/c19-14-7-5-12(6-8-14)18(24)20-17(13-9-10-25-11-13)23-16-4-2-1-3-15(16)21-22-23/h1-11,17H,(H,20,24). The van der Waals surface area contributed by atoms with Crippen molar-refractivity contribution in [1.29, 1.82) is 0 Å². The monoisotopic (exact) mass is 368 g/mol. The third-order valence-corrected chi connectivity index (χ3v) is 4.81. The highest BCUT2D eigenvalue weighted by atomic mass is 35.5. The van der Waals surface area contributed by atoms with Gasteiger partial charge in [0, 0.05) is 16.1 Å². The van der Waals surface area contributed by atoms with Gasteiger partial charge in [-0.25, -0.2) is 4.68 Å². The Morgan fingerprint density at radius 3 is 2.68 bits per heavy atom.